The van der Waals surface area contributed by atoms with E-state index in [0.717, 1.165) is 12.8 Å². The van der Waals surface area contributed by atoms with Gasteiger partial charge in [0.05, 0.1) is 0 Å². The normalized spacial score (nSPS) is 28.6. The predicted octanol–water partition coefficient (Wildman–Crippen LogP) is 4.01. The Balaban J connectivity index is 2.43. The summed E-state index contributed by atoms with van der Waals surface area (Å²) in [5, 5.41) is 3.31. The van der Waals surface area contributed by atoms with Crippen LogP contribution in [0.1, 0.15) is 46.5 Å². The number of hydrogen-bond donors (Lipinski definition) is 1. The molecule has 1 aliphatic rings. The van der Waals surface area contributed by atoms with E-state index >= 15 is 0 Å². The van der Waals surface area contributed by atoms with Crippen molar-refractivity contribution in [3.63, 3.8) is 0 Å². The minimum Gasteiger partial charge on any atom is -0.372 e. The van der Waals surface area contributed by atoms with Gasteiger partial charge in [-0.15, -0.1) is 0 Å². The molecule has 3 unspecified atom stereocenters. The summed E-state index contributed by atoms with van der Waals surface area (Å²) in [6.45, 7) is 5.80. The van der Waals surface area contributed by atoms with Gasteiger partial charge in [0.1, 0.15) is 6.61 Å². The monoisotopic (exact) mass is 295 g/mol. The molecule has 0 amide bonds. The van der Waals surface area contributed by atoms with Crippen molar-refractivity contribution in [3.8, 4) is 0 Å². The maximum atomic E-state index is 12.0. The van der Waals surface area contributed by atoms with Crippen LogP contribution in [-0.4, -0.2) is 32.5 Å². The predicted molar refractivity (Wildman–Crippen MR) is 74.6 cm³/mol. The molecule has 0 heterocycles. The largest absolute Gasteiger partial charge is 0.411 e. The van der Waals surface area contributed by atoms with Gasteiger partial charge in [-0.1, -0.05) is 20.8 Å². The van der Waals surface area contributed by atoms with E-state index in [1.165, 1.54) is 6.42 Å². The zero-order valence-corrected chi connectivity index (χ0v) is 13.0. The molecular weight excluding hydrogens is 267 g/mol. The van der Waals surface area contributed by atoms with Crippen molar-refractivity contribution >= 4 is 0 Å². The average molecular weight is 295 g/mol. The number of rotatable bonds is 5. The number of ether oxygens (including phenoxy) is 1. The smallest absolute Gasteiger partial charge is 0.372 e. The van der Waals surface area contributed by atoms with Crippen molar-refractivity contribution < 1.29 is 17.9 Å². The van der Waals surface area contributed by atoms with E-state index in [1.54, 1.807) is 0 Å². The Hall–Kier alpha value is -0.290. The summed E-state index contributed by atoms with van der Waals surface area (Å²) in [5.41, 5.74) is 0.268. The van der Waals surface area contributed by atoms with Gasteiger partial charge in [0.2, 0.25) is 0 Å². The van der Waals surface area contributed by atoms with E-state index in [-0.39, 0.29) is 12.0 Å². The number of nitrogens with one attached hydrogen (secondary N) is 1. The Labute approximate surface area is 120 Å². The van der Waals surface area contributed by atoms with E-state index in [0.29, 0.717) is 24.3 Å². The molecule has 5 heteroatoms. The fourth-order valence-corrected chi connectivity index (χ4v) is 3.17. The Bertz CT molecular complexity index is 286. The topological polar surface area (TPSA) is 21.3 Å². The van der Waals surface area contributed by atoms with Crippen LogP contribution in [0.15, 0.2) is 0 Å². The second-order valence-corrected chi connectivity index (χ2v) is 6.99. The van der Waals surface area contributed by atoms with Crippen molar-refractivity contribution in [1.82, 2.24) is 5.32 Å². The number of alkyl halides is 3. The molecule has 1 aliphatic carbocycles. The Kier molecular flexibility index (Phi) is 6.32. The Morgan fingerprint density at radius 1 is 1.15 bits per heavy atom. The lowest BCUT2D eigenvalue weighted by Crippen LogP contribution is -2.42. The Morgan fingerprint density at radius 3 is 2.30 bits per heavy atom. The van der Waals surface area contributed by atoms with Crippen LogP contribution in [0, 0.1) is 17.3 Å². The molecule has 0 aromatic rings. The molecular formula is C15H28F3NO. The van der Waals surface area contributed by atoms with Crippen LogP contribution >= 0.6 is 0 Å². The summed E-state index contributed by atoms with van der Waals surface area (Å²) in [6, 6.07) is 0.406. The van der Waals surface area contributed by atoms with Crippen LogP contribution in [0.5, 0.6) is 0 Å². The third-order valence-corrected chi connectivity index (χ3v) is 4.48. The van der Waals surface area contributed by atoms with Crippen molar-refractivity contribution in [2.24, 2.45) is 17.3 Å². The fraction of sp³-hybridized carbons (Fsp3) is 1.00. The lowest BCUT2D eigenvalue weighted by Gasteiger charge is -2.42. The molecule has 0 saturated heterocycles. The second-order valence-electron chi connectivity index (χ2n) is 6.99. The van der Waals surface area contributed by atoms with Gasteiger partial charge in [0.25, 0.3) is 0 Å². The van der Waals surface area contributed by atoms with Crippen molar-refractivity contribution in [2.75, 3.05) is 20.3 Å². The number of halogens is 3. The van der Waals surface area contributed by atoms with Gasteiger partial charge in [-0.2, -0.15) is 13.2 Å². The summed E-state index contributed by atoms with van der Waals surface area (Å²) in [4.78, 5) is 0. The third-order valence-electron chi connectivity index (χ3n) is 4.48. The highest BCUT2D eigenvalue weighted by molar-refractivity contribution is 4.88. The van der Waals surface area contributed by atoms with E-state index in [4.69, 9.17) is 4.74 Å². The van der Waals surface area contributed by atoms with Gasteiger partial charge in [0, 0.05) is 12.6 Å². The average Bonchev–Trinajstić information content (AvgIpc) is 2.32. The summed E-state index contributed by atoms with van der Waals surface area (Å²) >= 11 is 0. The first-order valence-corrected chi connectivity index (χ1v) is 7.45. The van der Waals surface area contributed by atoms with Crippen LogP contribution in [0.25, 0.3) is 0 Å². The molecule has 0 radical (unpaired) electrons. The molecule has 2 nitrogen and oxygen atoms in total. The zero-order chi connectivity index (χ0) is 15.4. The Morgan fingerprint density at radius 2 is 1.80 bits per heavy atom. The first-order valence-electron chi connectivity index (χ1n) is 7.45. The third kappa shape index (κ3) is 6.00. The van der Waals surface area contributed by atoms with Gasteiger partial charge in [-0.3, -0.25) is 0 Å². The first kappa shape index (κ1) is 17.8. The minimum absolute atomic E-state index is 0.194. The van der Waals surface area contributed by atoms with E-state index in [9.17, 15) is 13.2 Å². The molecule has 1 rings (SSSR count). The van der Waals surface area contributed by atoms with Crippen molar-refractivity contribution in [1.29, 1.82) is 0 Å². The van der Waals surface area contributed by atoms with Gasteiger partial charge in [-0.05, 0) is 50.0 Å². The minimum atomic E-state index is -4.22. The van der Waals surface area contributed by atoms with Crippen molar-refractivity contribution in [2.45, 2.75) is 58.7 Å². The lowest BCUT2D eigenvalue weighted by atomic mass is 9.67. The second kappa shape index (κ2) is 7.12. The van der Waals surface area contributed by atoms with E-state index < -0.39 is 12.8 Å². The molecule has 0 aromatic carbocycles. The molecule has 1 fully saturated rings. The van der Waals surface area contributed by atoms with Crippen LogP contribution < -0.4 is 5.32 Å². The maximum absolute atomic E-state index is 12.0. The molecule has 0 aromatic heterocycles. The standard InChI is InChI=1S/C15H28F3NO/c1-14(2,3)12-5-6-13(19-4)11(9-12)7-8-20-10-15(16,17)18/h11-13,19H,5-10H2,1-4H3. The summed E-state index contributed by atoms with van der Waals surface area (Å²) in [7, 11) is 1.94. The number of hydrogen-bond acceptors (Lipinski definition) is 2. The highest BCUT2D eigenvalue weighted by atomic mass is 19.4. The van der Waals surface area contributed by atoms with Gasteiger partial charge >= 0.3 is 6.18 Å². The first-order chi connectivity index (χ1) is 9.13. The van der Waals surface area contributed by atoms with Crippen LogP contribution in [0.2, 0.25) is 0 Å². The lowest BCUT2D eigenvalue weighted by molar-refractivity contribution is -0.174. The summed E-state index contributed by atoms with van der Waals surface area (Å²) in [5.74, 6) is 1.05. The van der Waals surface area contributed by atoms with E-state index in [1.807, 2.05) is 7.05 Å². The fourth-order valence-electron chi connectivity index (χ4n) is 3.17. The van der Waals surface area contributed by atoms with Crippen molar-refractivity contribution in [3.05, 3.63) is 0 Å². The molecule has 3 atom stereocenters. The zero-order valence-electron chi connectivity index (χ0n) is 13.0. The molecule has 120 valence electrons. The van der Waals surface area contributed by atoms with Crippen LogP contribution in [0.3, 0.4) is 0 Å². The maximum Gasteiger partial charge on any atom is 0.411 e. The molecule has 1 saturated carbocycles. The van der Waals surface area contributed by atoms with Gasteiger partial charge in [-0.25, -0.2) is 0 Å². The quantitative estimate of drug-likeness (QED) is 0.774. The molecule has 20 heavy (non-hydrogen) atoms. The molecule has 1 N–H and O–H groups in total. The van der Waals surface area contributed by atoms with Gasteiger partial charge in [0.15, 0.2) is 0 Å². The molecule has 0 spiro atoms. The SMILES string of the molecule is CNC1CCC(C(C)(C)C)CC1CCOCC(F)(F)F. The highest BCUT2D eigenvalue weighted by Gasteiger charge is 2.35. The molecule has 0 aliphatic heterocycles. The van der Waals surface area contributed by atoms with E-state index in [2.05, 4.69) is 26.1 Å². The molecule has 0 bridgehead atoms. The summed E-state index contributed by atoms with van der Waals surface area (Å²) < 4.78 is 40.9. The summed E-state index contributed by atoms with van der Waals surface area (Å²) in [6.07, 6.45) is -0.154. The van der Waals surface area contributed by atoms with Crippen LogP contribution in [0.4, 0.5) is 13.2 Å². The highest BCUT2D eigenvalue weighted by Crippen LogP contribution is 2.41. The van der Waals surface area contributed by atoms with Gasteiger partial charge < -0.3 is 10.1 Å². The van der Waals surface area contributed by atoms with Crippen LogP contribution in [-0.2, 0) is 4.74 Å².